The summed E-state index contributed by atoms with van der Waals surface area (Å²) in [6.07, 6.45) is 7.14. The lowest BCUT2D eigenvalue weighted by molar-refractivity contribution is 0.0829. The highest BCUT2D eigenvalue weighted by molar-refractivity contribution is 5.99. The van der Waals surface area contributed by atoms with Crippen LogP contribution in [0.4, 0.5) is 5.82 Å². The van der Waals surface area contributed by atoms with Crippen molar-refractivity contribution in [1.82, 2.24) is 29.5 Å². The van der Waals surface area contributed by atoms with Gasteiger partial charge in [-0.3, -0.25) is 4.79 Å². The van der Waals surface area contributed by atoms with Gasteiger partial charge in [0, 0.05) is 51.1 Å². The summed E-state index contributed by atoms with van der Waals surface area (Å²) >= 11 is 0. The highest BCUT2D eigenvalue weighted by Gasteiger charge is 2.26. The molecule has 27 heavy (non-hydrogen) atoms. The highest BCUT2D eigenvalue weighted by atomic mass is 16.2. The SMILES string of the molecule is Cc1cc(N2CCC[C@H](c3ccnc4c(C(=O)N(C)C)cnn34)C2)ncn1. The van der Waals surface area contributed by atoms with Crippen LogP contribution in [0.15, 0.2) is 30.9 Å². The molecule has 8 heteroatoms. The van der Waals surface area contributed by atoms with Crippen LogP contribution in [0.3, 0.4) is 0 Å². The van der Waals surface area contributed by atoms with E-state index in [2.05, 4.69) is 25.0 Å². The summed E-state index contributed by atoms with van der Waals surface area (Å²) in [4.78, 5) is 29.3. The molecule has 140 valence electrons. The summed E-state index contributed by atoms with van der Waals surface area (Å²) in [6.45, 7) is 3.81. The molecule has 3 aromatic rings. The molecular weight excluding hydrogens is 342 g/mol. The number of aryl methyl sites for hydroxylation is 1. The van der Waals surface area contributed by atoms with Gasteiger partial charge in [0.15, 0.2) is 5.65 Å². The van der Waals surface area contributed by atoms with Gasteiger partial charge in [-0.25, -0.2) is 19.5 Å². The molecule has 1 saturated heterocycles. The van der Waals surface area contributed by atoms with Crippen molar-refractivity contribution in [2.45, 2.75) is 25.7 Å². The number of anilines is 1. The van der Waals surface area contributed by atoms with Crippen molar-refractivity contribution in [2.24, 2.45) is 0 Å². The zero-order chi connectivity index (χ0) is 19.0. The fraction of sp³-hybridized carbons (Fsp3) is 0.421. The fourth-order valence-corrected chi connectivity index (χ4v) is 3.65. The molecule has 0 spiro atoms. The van der Waals surface area contributed by atoms with Crippen LogP contribution in [0, 0.1) is 6.92 Å². The Morgan fingerprint density at radius 3 is 2.89 bits per heavy atom. The molecule has 1 amide bonds. The number of carbonyl (C=O) groups excluding carboxylic acids is 1. The predicted octanol–water partition coefficient (Wildman–Crippen LogP) is 1.91. The third kappa shape index (κ3) is 3.22. The Hall–Kier alpha value is -3.03. The molecule has 1 fully saturated rings. The van der Waals surface area contributed by atoms with Crippen molar-refractivity contribution in [3.63, 3.8) is 0 Å². The molecule has 4 rings (SSSR count). The lowest BCUT2D eigenvalue weighted by Gasteiger charge is -2.33. The van der Waals surface area contributed by atoms with Crippen LogP contribution < -0.4 is 4.90 Å². The van der Waals surface area contributed by atoms with Crippen LogP contribution in [-0.2, 0) is 0 Å². The third-order valence-electron chi connectivity index (χ3n) is 5.02. The van der Waals surface area contributed by atoms with Gasteiger partial charge in [0.2, 0.25) is 0 Å². The van der Waals surface area contributed by atoms with Gasteiger partial charge in [0.05, 0.1) is 11.9 Å². The molecule has 1 aliphatic heterocycles. The van der Waals surface area contributed by atoms with Crippen molar-refractivity contribution in [2.75, 3.05) is 32.1 Å². The minimum atomic E-state index is -0.0867. The molecular formula is C19H23N7O. The summed E-state index contributed by atoms with van der Waals surface area (Å²) in [7, 11) is 3.47. The van der Waals surface area contributed by atoms with E-state index in [-0.39, 0.29) is 5.91 Å². The third-order valence-corrected chi connectivity index (χ3v) is 5.02. The summed E-state index contributed by atoms with van der Waals surface area (Å²) in [5.41, 5.74) is 3.18. The van der Waals surface area contributed by atoms with Gasteiger partial charge in [-0.1, -0.05) is 0 Å². The van der Waals surface area contributed by atoms with E-state index in [1.807, 2.05) is 23.6 Å². The van der Waals surface area contributed by atoms with Crippen molar-refractivity contribution in [3.8, 4) is 0 Å². The topological polar surface area (TPSA) is 79.5 Å². The summed E-state index contributed by atoms with van der Waals surface area (Å²) in [6, 6.07) is 4.02. The Bertz CT molecular complexity index is 981. The maximum absolute atomic E-state index is 12.4. The van der Waals surface area contributed by atoms with Crippen LogP contribution >= 0.6 is 0 Å². The molecule has 8 nitrogen and oxygen atoms in total. The minimum absolute atomic E-state index is 0.0867. The van der Waals surface area contributed by atoms with Gasteiger partial charge >= 0.3 is 0 Å². The van der Waals surface area contributed by atoms with Crippen molar-refractivity contribution in [3.05, 3.63) is 47.8 Å². The Labute approximate surface area is 157 Å². The molecule has 0 aromatic carbocycles. The Kier molecular flexibility index (Phi) is 4.47. The zero-order valence-corrected chi connectivity index (χ0v) is 15.8. The molecule has 0 saturated carbocycles. The van der Waals surface area contributed by atoms with Crippen molar-refractivity contribution in [1.29, 1.82) is 0 Å². The van der Waals surface area contributed by atoms with Crippen molar-refractivity contribution < 1.29 is 4.79 Å². The molecule has 1 atom stereocenters. The normalized spacial score (nSPS) is 17.3. The van der Waals surface area contributed by atoms with Gasteiger partial charge in [0.1, 0.15) is 17.7 Å². The number of nitrogens with zero attached hydrogens (tertiary/aromatic N) is 7. The van der Waals surface area contributed by atoms with E-state index in [1.165, 1.54) is 0 Å². The number of fused-ring (bicyclic) bond motifs is 1. The summed E-state index contributed by atoms with van der Waals surface area (Å²) < 4.78 is 1.82. The first-order valence-corrected chi connectivity index (χ1v) is 9.12. The van der Waals surface area contributed by atoms with Gasteiger partial charge < -0.3 is 9.80 Å². The number of amides is 1. The zero-order valence-electron chi connectivity index (χ0n) is 15.8. The first-order valence-electron chi connectivity index (χ1n) is 9.12. The predicted molar refractivity (Wildman–Crippen MR) is 102 cm³/mol. The van der Waals surface area contributed by atoms with E-state index in [0.717, 1.165) is 43.1 Å². The standard InChI is InChI=1S/C19H23N7O/c1-13-9-17(22-12-21-13)25-8-4-5-14(11-25)16-6-7-20-18-15(10-23-26(16)18)19(27)24(2)3/h6-7,9-10,12,14H,4-5,8,11H2,1-3H3/t14-/m0/s1. The molecule has 0 N–H and O–H groups in total. The quantitative estimate of drug-likeness (QED) is 0.705. The molecule has 4 heterocycles. The highest BCUT2D eigenvalue weighted by Crippen LogP contribution is 2.29. The van der Waals surface area contributed by atoms with E-state index < -0.39 is 0 Å². The summed E-state index contributed by atoms with van der Waals surface area (Å²) in [5, 5.41) is 4.47. The second-order valence-corrected chi connectivity index (χ2v) is 7.17. The molecule has 1 aliphatic rings. The number of aromatic nitrogens is 5. The van der Waals surface area contributed by atoms with E-state index >= 15 is 0 Å². The van der Waals surface area contributed by atoms with Gasteiger partial charge in [-0.05, 0) is 25.8 Å². The first kappa shape index (κ1) is 17.4. The lowest BCUT2D eigenvalue weighted by Crippen LogP contribution is -2.35. The number of hydrogen-bond donors (Lipinski definition) is 0. The maximum Gasteiger partial charge on any atom is 0.258 e. The van der Waals surface area contributed by atoms with Crippen LogP contribution in [0.2, 0.25) is 0 Å². The van der Waals surface area contributed by atoms with Crippen LogP contribution in [0.1, 0.15) is 40.5 Å². The average molecular weight is 365 g/mol. The molecule has 0 unspecified atom stereocenters. The Morgan fingerprint density at radius 1 is 1.26 bits per heavy atom. The van der Waals surface area contributed by atoms with Gasteiger partial charge in [0.25, 0.3) is 5.91 Å². The minimum Gasteiger partial charge on any atom is -0.356 e. The van der Waals surface area contributed by atoms with Crippen LogP contribution in [-0.4, -0.2) is 62.6 Å². The van der Waals surface area contributed by atoms with E-state index in [9.17, 15) is 4.79 Å². The Morgan fingerprint density at radius 2 is 2.11 bits per heavy atom. The average Bonchev–Trinajstić information content (AvgIpc) is 3.11. The summed E-state index contributed by atoms with van der Waals surface area (Å²) in [5.74, 6) is 1.17. The molecule has 0 bridgehead atoms. The van der Waals surface area contributed by atoms with E-state index in [4.69, 9.17) is 0 Å². The number of rotatable bonds is 3. The van der Waals surface area contributed by atoms with E-state index in [0.29, 0.717) is 17.1 Å². The van der Waals surface area contributed by atoms with Gasteiger partial charge in [-0.2, -0.15) is 5.10 Å². The fourth-order valence-electron chi connectivity index (χ4n) is 3.65. The largest absolute Gasteiger partial charge is 0.356 e. The number of carbonyl (C=O) groups is 1. The maximum atomic E-state index is 12.4. The van der Waals surface area contributed by atoms with Crippen LogP contribution in [0.5, 0.6) is 0 Å². The molecule has 0 aliphatic carbocycles. The number of hydrogen-bond acceptors (Lipinski definition) is 6. The number of piperidine rings is 1. The smallest absolute Gasteiger partial charge is 0.258 e. The second-order valence-electron chi connectivity index (χ2n) is 7.17. The van der Waals surface area contributed by atoms with Crippen LogP contribution in [0.25, 0.3) is 5.65 Å². The van der Waals surface area contributed by atoms with E-state index in [1.54, 1.807) is 37.7 Å². The molecule has 3 aromatic heterocycles. The van der Waals surface area contributed by atoms with Gasteiger partial charge in [-0.15, -0.1) is 0 Å². The lowest BCUT2D eigenvalue weighted by atomic mass is 9.94. The second kappa shape index (κ2) is 6.94. The monoisotopic (exact) mass is 365 g/mol. The molecule has 0 radical (unpaired) electrons. The Balaban J connectivity index is 1.67. The van der Waals surface area contributed by atoms with Crippen molar-refractivity contribution >= 4 is 17.4 Å². The first-order chi connectivity index (χ1) is 13.0.